The van der Waals surface area contributed by atoms with Crippen LogP contribution in [0.5, 0.6) is 0 Å². The molecule has 0 aromatic heterocycles. The number of halogens is 8. The van der Waals surface area contributed by atoms with Crippen LogP contribution in [-0.2, 0) is 0 Å². The number of hydrogen-bond acceptors (Lipinski definition) is 4. The molecule has 0 radical (unpaired) electrons. The number of hydrogen-bond donors (Lipinski definition) is 2. The lowest BCUT2D eigenvalue weighted by Gasteiger charge is -2.08. The molecule has 0 unspecified atom stereocenters. The van der Waals surface area contributed by atoms with Crippen molar-refractivity contribution in [2.75, 3.05) is 0 Å². The Labute approximate surface area is 243 Å². The summed E-state index contributed by atoms with van der Waals surface area (Å²) in [5, 5.41) is 5.26. The molecule has 0 fully saturated rings. The van der Waals surface area contributed by atoms with Crippen LogP contribution in [0.15, 0.2) is 34.3 Å². The summed E-state index contributed by atoms with van der Waals surface area (Å²) in [6.07, 6.45) is 0. The van der Waals surface area contributed by atoms with Gasteiger partial charge in [0.15, 0.2) is 0 Å². The lowest BCUT2D eigenvalue weighted by molar-refractivity contribution is 0.0975. The molecular weight excluding hydrogens is 636 g/mol. The average molecular weight is 642 g/mol. The summed E-state index contributed by atoms with van der Waals surface area (Å²) in [7, 11) is 0. The molecule has 182 valence electrons. The summed E-state index contributed by atoms with van der Waals surface area (Å²) in [6, 6.07) is 6.52. The molecule has 2 aliphatic rings. The lowest BCUT2D eigenvalue weighted by atomic mass is 10.1. The highest BCUT2D eigenvalue weighted by Gasteiger charge is 2.35. The number of carbonyl (C=O) groups is 2. The maximum Gasteiger partial charge on any atom is 0.259 e. The molecule has 3 aromatic carbocycles. The van der Waals surface area contributed by atoms with E-state index in [0.29, 0.717) is 11.4 Å². The molecule has 0 saturated heterocycles. The standard InChI is InChI=1S/C22H6Cl8N4O2/c23-11-7-9(13(25)17(29)15(11)27)21(35)33-19(7)31-5-1-2-6(4-3-5)32-20-8-10(22(36)34-20)14(26)18(30)16(28)12(8)24/h1-4H,(H,31,33,35)(H,32,34,36). The smallest absolute Gasteiger partial charge is 0.259 e. The third kappa shape index (κ3) is 4.05. The molecule has 0 bridgehead atoms. The van der Waals surface area contributed by atoms with Crippen LogP contribution in [0.1, 0.15) is 31.8 Å². The van der Waals surface area contributed by atoms with Crippen molar-refractivity contribution < 1.29 is 9.59 Å². The van der Waals surface area contributed by atoms with Crippen LogP contribution in [0.25, 0.3) is 0 Å². The second-order valence-corrected chi connectivity index (χ2v) is 10.4. The molecule has 0 spiro atoms. The molecule has 0 aliphatic carbocycles. The number of nitrogens with zero attached hydrogens (tertiary/aromatic N) is 2. The minimum absolute atomic E-state index is 0.0107. The molecule has 6 nitrogen and oxygen atoms in total. The maximum absolute atomic E-state index is 12.4. The largest absolute Gasteiger partial charge is 0.306 e. The zero-order valence-corrected chi connectivity index (χ0v) is 23.1. The molecular formula is C22H6Cl8N4O2. The van der Waals surface area contributed by atoms with Crippen molar-refractivity contribution in [1.29, 1.82) is 0 Å². The lowest BCUT2D eigenvalue weighted by Crippen LogP contribution is -2.21. The number of rotatable bonds is 2. The van der Waals surface area contributed by atoms with Gasteiger partial charge in [-0.2, -0.15) is 0 Å². The minimum atomic E-state index is -0.512. The maximum atomic E-state index is 12.4. The van der Waals surface area contributed by atoms with E-state index in [9.17, 15) is 9.59 Å². The number of fused-ring (bicyclic) bond motifs is 2. The fourth-order valence-corrected chi connectivity index (χ4v) is 5.68. The SMILES string of the molecule is O=C1N/C(=N\c2ccc(/N=C3\NC(=O)c4c(Cl)c(Cl)c(Cl)c(Cl)c43)cc2)c2c(Cl)c(Cl)c(Cl)c(Cl)c21. The zero-order chi connectivity index (χ0) is 26.0. The Morgan fingerprint density at radius 2 is 0.722 bits per heavy atom. The van der Waals surface area contributed by atoms with E-state index in [2.05, 4.69) is 20.6 Å². The van der Waals surface area contributed by atoms with Crippen LogP contribution >= 0.6 is 92.8 Å². The van der Waals surface area contributed by atoms with Crippen LogP contribution < -0.4 is 10.6 Å². The first-order valence-corrected chi connectivity index (χ1v) is 12.7. The van der Waals surface area contributed by atoms with Crippen molar-refractivity contribution in [3.63, 3.8) is 0 Å². The number of amides is 2. The van der Waals surface area contributed by atoms with E-state index in [0.717, 1.165) is 0 Å². The fourth-order valence-electron chi connectivity index (χ4n) is 3.63. The highest BCUT2D eigenvalue weighted by molar-refractivity contribution is 6.56. The molecule has 36 heavy (non-hydrogen) atoms. The van der Waals surface area contributed by atoms with E-state index in [1.54, 1.807) is 24.3 Å². The van der Waals surface area contributed by atoms with E-state index < -0.39 is 11.8 Å². The third-order valence-electron chi connectivity index (χ3n) is 5.26. The summed E-state index contributed by atoms with van der Waals surface area (Å²) < 4.78 is 0. The van der Waals surface area contributed by atoms with Gasteiger partial charge in [-0.25, -0.2) is 9.98 Å². The topological polar surface area (TPSA) is 82.9 Å². The molecule has 2 aliphatic heterocycles. The predicted molar refractivity (Wildman–Crippen MR) is 147 cm³/mol. The zero-order valence-electron chi connectivity index (χ0n) is 17.0. The number of amidine groups is 2. The summed E-state index contributed by atoms with van der Waals surface area (Å²) in [6.45, 7) is 0. The molecule has 2 amide bonds. The Kier molecular flexibility index (Phi) is 6.86. The van der Waals surface area contributed by atoms with E-state index >= 15 is 0 Å². The van der Waals surface area contributed by atoms with Crippen molar-refractivity contribution in [3.8, 4) is 0 Å². The fraction of sp³-hybridized carbons (Fsp3) is 0. The second-order valence-electron chi connectivity index (χ2n) is 7.36. The van der Waals surface area contributed by atoms with Gasteiger partial charge in [-0.05, 0) is 24.3 Å². The van der Waals surface area contributed by atoms with E-state index in [4.69, 9.17) is 92.8 Å². The first-order valence-electron chi connectivity index (χ1n) is 9.64. The van der Waals surface area contributed by atoms with Crippen molar-refractivity contribution in [2.45, 2.75) is 0 Å². The highest BCUT2D eigenvalue weighted by atomic mass is 35.5. The van der Waals surface area contributed by atoms with Gasteiger partial charge >= 0.3 is 0 Å². The van der Waals surface area contributed by atoms with Gasteiger partial charge in [0.2, 0.25) is 0 Å². The van der Waals surface area contributed by atoms with Gasteiger partial charge in [0, 0.05) is 0 Å². The Bertz CT molecular complexity index is 1480. The average Bonchev–Trinajstić information content (AvgIpc) is 3.35. The van der Waals surface area contributed by atoms with Gasteiger partial charge in [-0.15, -0.1) is 0 Å². The van der Waals surface area contributed by atoms with Gasteiger partial charge in [0.1, 0.15) is 11.7 Å². The van der Waals surface area contributed by atoms with Gasteiger partial charge in [0.25, 0.3) is 11.8 Å². The molecule has 0 atom stereocenters. The summed E-state index contributed by atoms with van der Waals surface area (Å²) in [5.41, 5.74) is 1.57. The molecule has 2 heterocycles. The first kappa shape index (κ1) is 25.9. The number of aliphatic imine (C=N–C) groups is 2. The highest BCUT2D eigenvalue weighted by Crippen LogP contribution is 2.45. The molecule has 5 rings (SSSR count). The van der Waals surface area contributed by atoms with Gasteiger partial charge in [-0.3, -0.25) is 9.59 Å². The van der Waals surface area contributed by atoms with E-state index in [-0.39, 0.29) is 74.1 Å². The molecule has 14 heteroatoms. The number of carbonyl (C=O) groups excluding carboxylic acids is 2. The van der Waals surface area contributed by atoms with Gasteiger partial charge in [0.05, 0.1) is 73.8 Å². The third-order valence-corrected chi connectivity index (χ3v) is 8.86. The Balaban J connectivity index is 1.52. The van der Waals surface area contributed by atoms with Crippen LogP contribution in [0.2, 0.25) is 40.2 Å². The summed E-state index contributed by atoms with van der Waals surface area (Å²) in [4.78, 5) is 33.8. The van der Waals surface area contributed by atoms with Crippen molar-refractivity contribution in [3.05, 3.63) is 86.7 Å². The van der Waals surface area contributed by atoms with Crippen LogP contribution in [0.3, 0.4) is 0 Å². The van der Waals surface area contributed by atoms with E-state index in [1.807, 2.05) is 0 Å². The number of nitrogens with one attached hydrogen (secondary N) is 2. The summed E-state index contributed by atoms with van der Waals surface area (Å²) in [5.74, 6) is -0.710. The quantitative estimate of drug-likeness (QED) is 0.217. The second kappa shape index (κ2) is 9.53. The van der Waals surface area contributed by atoms with Crippen LogP contribution in [0, 0.1) is 0 Å². The normalized spacial score (nSPS) is 16.4. The van der Waals surface area contributed by atoms with E-state index in [1.165, 1.54) is 0 Å². The molecule has 3 aromatic rings. The Hall–Kier alpha value is -1.74. The summed E-state index contributed by atoms with van der Waals surface area (Å²) >= 11 is 49.5. The Morgan fingerprint density at radius 3 is 1.03 bits per heavy atom. The monoisotopic (exact) mass is 638 g/mol. The molecule has 0 saturated carbocycles. The van der Waals surface area contributed by atoms with Crippen LogP contribution in [0.4, 0.5) is 11.4 Å². The Morgan fingerprint density at radius 1 is 0.444 bits per heavy atom. The van der Waals surface area contributed by atoms with Crippen LogP contribution in [-0.4, -0.2) is 23.5 Å². The van der Waals surface area contributed by atoms with Gasteiger partial charge < -0.3 is 10.6 Å². The van der Waals surface area contributed by atoms with Gasteiger partial charge in [-0.1, -0.05) is 92.8 Å². The van der Waals surface area contributed by atoms with Crippen molar-refractivity contribution >= 4 is 128 Å². The minimum Gasteiger partial charge on any atom is -0.306 e. The first-order chi connectivity index (χ1) is 17.0. The number of benzene rings is 3. The molecule has 2 N–H and O–H groups in total. The van der Waals surface area contributed by atoms with Crippen molar-refractivity contribution in [1.82, 2.24) is 10.6 Å². The predicted octanol–water partition coefficient (Wildman–Crippen LogP) is 8.56. The van der Waals surface area contributed by atoms with Crippen molar-refractivity contribution in [2.24, 2.45) is 9.98 Å².